The second-order valence-corrected chi connectivity index (χ2v) is 4.11. The summed E-state index contributed by atoms with van der Waals surface area (Å²) in [7, 11) is 0. The quantitative estimate of drug-likeness (QED) is 0.561. The molecule has 0 aliphatic heterocycles. The molecule has 1 atom stereocenters. The molecule has 1 rings (SSSR count). The van der Waals surface area contributed by atoms with Crippen LogP contribution in [-0.4, -0.2) is 0 Å². The Morgan fingerprint density at radius 1 is 1.18 bits per heavy atom. The van der Waals surface area contributed by atoms with Crippen molar-refractivity contribution in [3.8, 4) is 0 Å². The largest absolute Gasteiger partial charge is 0.0654 e. The topological polar surface area (TPSA) is 0 Å². The van der Waals surface area contributed by atoms with Crippen molar-refractivity contribution >= 4 is 0 Å². The van der Waals surface area contributed by atoms with Gasteiger partial charge in [0.1, 0.15) is 0 Å². The molecule has 1 aliphatic rings. The Bertz CT molecular complexity index is 111. The standard InChI is InChI=1S/C11H22/c1-4-7-8-10-9-11(10,5-2)6-3/h10H,4-9H2,1-3H3. The molecule has 0 nitrogen and oxygen atoms in total. The summed E-state index contributed by atoms with van der Waals surface area (Å²) in [6.45, 7) is 7.01. The number of unbranched alkanes of at least 4 members (excludes halogenated alkanes) is 1. The van der Waals surface area contributed by atoms with E-state index in [4.69, 9.17) is 0 Å². The molecule has 66 valence electrons. The molecule has 0 radical (unpaired) electrons. The van der Waals surface area contributed by atoms with Crippen molar-refractivity contribution in [2.75, 3.05) is 0 Å². The lowest BCUT2D eigenvalue weighted by Gasteiger charge is -2.10. The second kappa shape index (κ2) is 3.60. The minimum Gasteiger partial charge on any atom is -0.0654 e. The van der Waals surface area contributed by atoms with Crippen LogP contribution in [0.15, 0.2) is 0 Å². The van der Waals surface area contributed by atoms with Gasteiger partial charge < -0.3 is 0 Å². The summed E-state index contributed by atoms with van der Waals surface area (Å²) in [5.74, 6) is 1.09. The molecule has 0 amide bonds. The smallest absolute Gasteiger partial charge is 0.0271 e. The van der Waals surface area contributed by atoms with Crippen LogP contribution >= 0.6 is 0 Å². The molecular formula is C11H22. The summed E-state index contributed by atoms with van der Waals surface area (Å²) in [4.78, 5) is 0. The van der Waals surface area contributed by atoms with Crippen molar-refractivity contribution in [3.63, 3.8) is 0 Å². The molecule has 1 fully saturated rings. The molecule has 1 saturated carbocycles. The van der Waals surface area contributed by atoms with E-state index in [0.717, 1.165) is 11.3 Å². The lowest BCUT2D eigenvalue weighted by molar-refractivity contribution is 0.404. The van der Waals surface area contributed by atoms with Crippen LogP contribution in [0.4, 0.5) is 0 Å². The molecule has 0 aromatic rings. The fourth-order valence-electron chi connectivity index (χ4n) is 2.41. The third-order valence-corrected chi connectivity index (χ3v) is 3.67. The Kier molecular flexibility index (Phi) is 2.98. The van der Waals surface area contributed by atoms with Crippen LogP contribution in [0.2, 0.25) is 0 Å². The highest BCUT2D eigenvalue weighted by Gasteiger charge is 2.49. The van der Waals surface area contributed by atoms with E-state index in [1.54, 1.807) is 0 Å². The molecule has 11 heavy (non-hydrogen) atoms. The highest BCUT2D eigenvalue weighted by Crippen LogP contribution is 2.59. The molecule has 0 N–H and O–H groups in total. The molecule has 1 aliphatic carbocycles. The summed E-state index contributed by atoms with van der Waals surface area (Å²) in [5, 5.41) is 0. The van der Waals surface area contributed by atoms with Gasteiger partial charge in [0.05, 0.1) is 0 Å². The molecule has 0 heteroatoms. The van der Waals surface area contributed by atoms with Gasteiger partial charge in [-0.25, -0.2) is 0 Å². The van der Waals surface area contributed by atoms with Crippen LogP contribution in [-0.2, 0) is 0 Å². The highest BCUT2D eigenvalue weighted by molar-refractivity contribution is 4.99. The monoisotopic (exact) mass is 154 g/mol. The first-order valence-electron chi connectivity index (χ1n) is 5.29. The van der Waals surface area contributed by atoms with Crippen LogP contribution < -0.4 is 0 Å². The maximum atomic E-state index is 2.36. The van der Waals surface area contributed by atoms with Gasteiger partial charge in [-0.2, -0.15) is 0 Å². The fraction of sp³-hybridized carbons (Fsp3) is 1.00. The number of hydrogen-bond acceptors (Lipinski definition) is 0. The Balaban J connectivity index is 2.21. The average Bonchev–Trinajstić information content (AvgIpc) is 2.76. The minimum atomic E-state index is 0.801. The van der Waals surface area contributed by atoms with Crippen molar-refractivity contribution in [2.45, 2.75) is 59.3 Å². The molecular weight excluding hydrogens is 132 g/mol. The van der Waals surface area contributed by atoms with Gasteiger partial charge in [-0.05, 0) is 24.2 Å². The van der Waals surface area contributed by atoms with Gasteiger partial charge in [0.2, 0.25) is 0 Å². The molecule has 0 aromatic carbocycles. The van der Waals surface area contributed by atoms with E-state index in [9.17, 15) is 0 Å². The van der Waals surface area contributed by atoms with E-state index in [1.165, 1.54) is 38.5 Å². The van der Waals surface area contributed by atoms with E-state index in [-0.39, 0.29) is 0 Å². The zero-order chi connectivity index (χ0) is 8.32. The lowest BCUT2D eigenvalue weighted by Crippen LogP contribution is -1.99. The predicted molar refractivity (Wildman–Crippen MR) is 50.6 cm³/mol. The Labute approximate surface area is 71.4 Å². The van der Waals surface area contributed by atoms with Gasteiger partial charge in [0, 0.05) is 0 Å². The molecule has 1 unspecified atom stereocenters. The first-order valence-corrected chi connectivity index (χ1v) is 5.29. The van der Waals surface area contributed by atoms with E-state index >= 15 is 0 Å². The van der Waals surface area contributed by atoms with Gasteiger partial charge in [-0.3, -0.25) is 0 Å². The van der Waals surface area contributed by atoms with Crippen LogP contribution in [0, 0.1) is 11.3 Å². The summed E-state index contributed by atoms with van der Waals surface area (Å²) in [5.41, 5.74) is 0.801. The minimum absolute atomic E-state index is 0.801. The Morgan fingerprint density at radius 2 is 1.82 bits per heavy atom. The van der Waals surface area contributed by atoms with Crippen molar-refractivity contribution in [2.24, 2.45) is 11.3 Å². The van der Waals surface area contributed by atoms with Gasteiger partial charge in [0.15, 0.2) is 0 Å². The third-order valence-electron chi connectivity index (χ3n) is 3.67. The molecule has 0 aromatic heterocycles. The van der Waals surface area contributed by atoms with E-state index in [1.807, 2.05) is 0 Å². The summed E-state index contributed by atoms with van der Waals surface area (Å²) in [6, 6.07) is 0. The average molecular weight is 154 g/mol. The summed E-state index contributed by atoms with van der Waals surface area (Å²) >= 11 is 0. The normalized spacial score (nSPS) is 27.0. The Hall–Kier alpha value is 0. The maximum absolute atomic E-state index is 2.36. The van der Waals surface area contributed by atoms with Gasteiger partial charge in [-0.15, -0.1) is 0 Å². The number of rotatable bonds is 5. The van der Waals surface area contributed by atoms with Crippen LogP contribution in [0.1, 0.15) is 59.3 Å². The van der Waals surface area contributed by atoms with E-state index in [0.29, 0.717) is 0 Å². The first kappa shape index (κ1) is 9.09. The molecule has 0 heterocycles. The van der Waals surface area contributed by atoms with Gasteiger partial charge >= 0.3 is 0 Å². The molecule has 0 saturated heterocycles. The zero-order valence-electron chi connectivity index (χ0n) is 8.32. The first-order chi connectivity index (χ1) is 5.29. The fourth-order valence-corrected chi connectivity index (χ4v) is 2.41. The van der Waals surface area contributed by atoms with Crippen molar-refractivity contribution in [3.05, 3.63) is 0 Å². The summed E-state index contributed by atoms with van der Waals surface area (Å²) < 4.78 is 0. The van der Waals surface area contributed by atoms with E-state index in [2.05, 4.69) is 20.8 Å². The molecule has 0 spiro atoms. The Morgan fingerprint density at radius 3 is 2.18 bits per heavy atom. The van der Waals surface area contributed by atoms with Crippen molar-refractivity contribution < 1.29 is 0 Å². The second-order valence-electron chi connectivity index (χ2n) is 4.11. The number of hydrogen-bond donors (Lipinski definition) is 0. The van der Waals surface area contributed by atoms with Gasteiger partial charge in [0.25, 0.3) is 0 Å². The maximum Gasteiger partial charge on any atom is -0.0271 e. The van der Waals surface area contributed by atoms with Crippen LogP contribution in [0.25, 0.3) is 0 Å². The van der Waals surface area contributed by atoms with Crippen LogP contribution in [0.5, 0.6) is 0 Å². The lowest BCUT2D eigenvalue weighted by atomic mass is 9.95. The summed E-state index contributed by atoms with van der Waals surface area (Å²) in [6.07, 6.45) is 8.68. The van der Waals surface area contributed by atoms with Gasteiger partial charge in [-0.1, -0.05) is 46.5 Å². The van der Waals surface area contributed by atoms with Crippen LogP contribution in [0.3, 0.4) is 0 Å². The highest BCUT2D eigenvalue weighted by atomic mass is 14.5. The third kappa shape index (κ3) is 1.77. The SMILES string of the molecule is CCCCC1CC1(CC)CC. The van der Waals surface area contributed by atoms with Crippen molar-refractivity contribution in [1.29, 1.82) is 0 Å². The molecule has 0 bridgehead atoms. The van der Waals surface area contributed by atoms with E-state index < -0.39 is 0 Å². The van der Waals surface area contributed by atoms with Crippen molar-refractivity contribution in [1.82, 2.24) is 0 Å². The predicted octanol–water partition coefficient (Wildman–Crippen LogP) is 4.00. The zero-order valence-corrected chi connectivity index (χ0v) is 8.32.